The van der Waals surface area contributed by atoms with Crippen molar-refractivity contribution in [3.8, 4) is 5.82 Å². The maximum absolute atomic E-state index is 13.0. The Morgan fingerprint density at radius 2 is 2.03 bits per heavy atom. The molecule has 11 nitrogen and oxygen atoms in total. The highest BCUT2D eigenvalue weighted by molar-refractivity contribution is 5.94. The first-order valence-corrected chi connectivity index (χ1v) is 10.3. The maximum atomic E-state index is 13.0. The standard InChI is InChI=1S/C20H25N9O2/c1-14(15-8-4-2-5-9-15)12-22-24-20(30)17-16(13-28-10-6-3-7-11-28)23-27-29(17)19-18(21)25-31-26-19/h2,4-5,8-9,12,14H,3,6-7,10-11,13H2,1H3,(H2,21,25)(H,24,30)/b22-12+. The molecule has 1 aliphatic heterocycles. The van der Waals surface area contributed by atoms with Gasteiger partial charge in [0.05, 0.1) is 0 Å². The van der Waals surface area contributed by atoms with Crippen molar-refractivity contribution < 1.29 is 9.42 Å². The Morgan fingerprint density at radius 1 is 1.26 bits per heavy atom. The Hall–Kier alpha value is -3.60. The number of likely N-dealkylation sites (tertiary alicyclic amines) is 1. The van der Waals surface area contributed by atoms with Gasteiger partial charge in [-0.2, -0.15) is 9.78 Å². The predicted molar refractivity (Wildman–Crippen MR) is 114 cm³/mol. The van der Waals surface area contributed by atoms with E-state index in [9.17, 15) is 4.79 Å². The maximum Gasteiger partial charge on any atom is 0.292 e. The molecule has 2 aromatic heterocycles. The molecule has 0 radical (unpaired) electrons. The fourth-order valence-corrected chi connectivity index (χ4v) is 3.57. The highest BCUT2D eigenvalue weighted by Gasteiger charge is 2.26. The van der Waals surface area contributed by atoms with Gasteiger partial charge in [0.25, 0.3) is 5.91 Å². The van der Waals surface area contributed by atoms with Gasteiger partial charge in [-0.3, -0.25) is 9.69 Å². The lowest BCUT2D eigenvalue weighted by molar-refractivity contribution is 0.0944. The van der Waals surface area contributed by atoms with Gasteiger partial charge in [0, 0.05) is 18.7 Å². The molecule has 0 saturated carbocycles. The van der Waals surface area contributed by atoms with Crippen LogP contribution in [0.3, 0.4) is 0 Å². The van der Waals surface area contributed by atoms with E-state index in [-0.39, 0.29) is 23.2 Å². The van der Waals surface area contributed by atoms with Crippen LogP contribution in [-0.4, -0.2) is 55.4 Å². The third-order valence-electron chi connectivity index (χ3n) is 5.26. The number of piperidine rings is 1. The average molecular weight is 423 g/mol. The fraction of sp³-hybridized carbons (Fsp3) is 0.400. The van der Waals surface area contributed by atoms with Crippen LogP contribution >= 0.6 is 0 Å². The number of hydrazone groups is 1. The summed E-state index contributed by atoms with van der Waals surface area (Å²) >= 11 is 0. The first-order chi connectivity index (χ1) is 15.1. The zero-order chi connectivity index (χ0) is 21.6. The molecule has 1 amide bonds. The number of nitrogen functional groups attached to an aromatic ring is 1. The number of carbonyl (C=O) groups is 1. The lowest BCUT2D eigenvalue weighted by Gasteiger charge is -2.25. The average Bonchev–Trinajstić information content (AvgIpc) is 3.40. The molecular formula is C20H25N9O2. The fourth-order valence-electron chi connectivity index (χ4n) is 3.57. The minimum atomic E-state index is -0.462. The van der Waals surface area contributed by atoms with Crippen LogP contribution in [0.1, 0.15) is 53.8 Å². The van der Waals surface area contributed by atoms with Crippen molar-refractivity contribution in [2.45, 2.75) is 38.6 Å². The molecule has 0 aliphatic carbocycles. The van der Waals surface area contributed by atoms with E-state index in [1.54, 1.807) is 6.21 Å². The number of nitrogens with one attached hydrogen (secondary N) is 1. The number of hydrogen-bond donors (Lipinski definition) is 2. The van der Waals surface area contributed by atoms with Crippen LogP contribution in [0.5, 0.6) is 0 Å². The first-order valence-electron chi connectivity index (χ1n) is 10.3. The normalized spacial score (nSPS) is 15.9. The molecule has 3 N–H and O–H groups in total. The van der Waals surface area contributed by atoms with Crippen LogP contribution in [0.15, 0.2) is 40.1 Å². The van der Waals surface area contributed by atoms with Crippen LogP contribution in [-0.2, 0) is 6.54 Å². The van der Waals surface area contributed by atoms with Crippen LogP contribution in [0.2, 0.25) is 0 Å². The molecule has 1 saturated heterocycles. The van der Waals surface area contributed by atoms with Crippen LogP contribution in [0.4, 0.5) is 5.82 Å². The number of hydrogen-bond acceptors (Lipinski definition) is 9. The van der Waals surface area contributed by atoms with Gasteiger partial charge in [0.15, 0.2) is 5.69 Å². The van der Waals surface area contributed by atoms with Crippen molar-refractivity contribution >= 4 is 17.9 Å². The minimum Gasteiger partial charge on any atom is -0.378 e. The molecule has 0 bridgehead atoms. The molecule has 11 heteroatoms. The van der Waals surface area contributed by atoms with Gasteiger partial charge < -0.3 is 5.73 Å². The van der Waals surface area contributed by atoms with E-state index in [1.165, 1.54) is 11.1 Å². The molecule has 1 atom stereocenters. The smallest absolute Gasteiger partial charge is 0.292 e. The van der Waals surface area contributed by atoms with E-state index < -0.39 is 5.91 Å². The van der Waals surface area contributed by atoms with Crippen molar-refractivity contribution in [2.75, 3.05) is 18.8 Å². The van der Waals surface area contributed by atoms with E-state index in [0.29, 0.717) is 12.2 Å². The molecule has 1 aliphatic rings. The quantitative estimate of drug-likeness (QED) is 0.432. The molecule has 162 valence electrons. The summed E-state index contributed by atoms with van der Waals surface area (Å²) in [6.07, 6.45) is 5.14. The van der Waals surface area contributed by atoms with Crippen molar-refractivity contribution in [3.63, 3.8) is 0 Å². The number of nitrogens with zero attached hydrogens (tertiary/aromatic N) is 7. The molecule has 3 heterocycles. The van der Waals surface area contributed by atoms with Crippen molar-refractivity contribution in [2.24, 2.45) is 5.10 Å². The van der Waals surface area contributed by atoms with Gasteiger partial charge in [-0.05, 0) is 41.8 Å². The summed E-state index contributed by atoms with van der Waals surface area (Å²) in [5, 5.41) is 19.8. The third kappa shape index (κ3) is 4.77. The third-order valence-corrected chi connectivity index (χ3v) is 5.26. The summed E-state index contributed by atoms with van der Waals surface area (Å²) in [6.45, 7) is 4.40. The molecule has 0 spiro atoms. The monoisotopic (exact) mass is 423 g/mol. The van der Waals surface area contributed by atoms with Crippen LogP contribution in [0.25, 0.3) is 5.82 Å². The number of aromatic nitrogens is 5. The van der Waals surface area contributed by atoms with E-state index in [0.717, 1.165) is 31.5 Å². The number of anilines is 1. The molecule has 1 unspecified atom stereocenters. The van der Waals surface area contributed by atoms with E-state index in [4.69, 9.17) is 5.73 Å². The summed E-state index contributed by atoms with van der Waals surface area (Å²) in [5.74, 6) is -0.294. The van der Waals surface area contributed by atoms with E-state index >= 15 is 0 Å². The summed E-state index contributed by atoms with van der Waals surface area (Å²) in [4.78, 5) is 15.3. The molecule has 4 rings (SSSR count). The Labute approximate surface area is 179 Å². The molecule has 3 aromatic rings. The van der Waals surface area contributed by atoms with Gasteiger partial charge in [-0.15, -0.1) is 5.10 Å². The Bertz CT molecular complexity index is 1040. The van der Waals surface area contributed by atoms with Crippen molar-refractivity contribution in [1.29, 1.82) is 0 Å². The second kappa shape index (κ2) is 9.47. The second-order valence-electron chi connectivity index (χ2n) is 7.52. The summed E-state index contributed by atoms with van der Waals surface area (Å²) < 4.78 is 5.92. The van der Waals surface area contributed by atoms with Gasteiger partial charge in [-0.25, -0.2) is 10.1 Å². The zero-order valence-corrected chi connectivity index (χ0v) is 17.3. The molecular weight excluding hydrogens is 398 g/mol. The van der Waals surface area contributed by atoms with E-state index in [1.807, 2.05) is 37.3 Å². The second-order valence-corrected chi connectivity index (χ2v) is 7.52. The lowest BCUT2D eigenvalue weighted by atomic mass is 10.0. The number of benzene rings is 1. The number of amides is 1. The highest BCUT2D eigenvalue weighted by Crippen LogP contribution is 2.19. The predicted octanol–water partition coefficient (Wildman–Crippen LogP) is 1.74. The molecule has 1 fully saturated rings. The molecule has 1 aromatic carbocycles. The zero-order valence-electron chi connectivity index (χ0n) is 17.3. The Morgan fingerprint density at radius 3 is 2.74 bits per heavy atom. The minimum absolute atomic E-state index is 0.0182. The van der Waals surface area contributed by atoms with Crippen molar-refractivity contribution in [1.82, 2.24) is 35.6 Å². The number of carbonyl (C=O) groups excluding carboxylic acids is 1. The Kier molecular flexibility index (Phi) is 6.32. The summed E-state index contributed by atoms with van der Waals surface area (Å²) in [5.41, 5.74) is 10.2. The highest BCUT2D eigenvalue weighted by atomic mass is 16.6. The van der Waals surface area contributed by atoms with Gasteiger partial charge in [0.1, 0.15) is 5.69 Å². The van der Waals surface area contributed by atoms with Crippen LogP contribution < -0.4 is 11.2 Å². The number of rotatable bonds is 7. The SMILES string of the molecule is CC(/C=N/NC(=O)c1c(CN2CCCCC2)nnn1-c1nonc1N)c1ccccc1. The lowest BCUT2D eigenvalue weighted by Crippen LogP contribution is -2.31. The van der Waals surface area contributed by atoms with E-state index in [2.05, 4.69) is 40.7 Å². The largest absolute Gasteiger partial charge is 0.378 e. The summed E-state index contributed by atoms with van der Waals surface area (Å²) in [7, 11) is 0. The van der Waals surface area contributed by atoms with Gasteiger partial charge in [0.2, 0.25) is 11.6 Å². The number of nitrogens with two attached hydrogens (primary N) is 1. The molecule has 31 heavy (non-hydrogen) atoms. The Balaban J connectivity index is 1.55. The van der Waals surface area contributed by atoms with Gasteiger partial charge in [-0.1, -0.05) is 48.9 Å². The van der Waals surface area contributed by atoms with Gasteiger partial charge >= 0.3 is 0 Å². The first kappa shape index (κ1) is 20.7. The van der Waals surface area contributed by atoms with Crippen LogP contribution in [0, 0.1) is 0 Å². The topological polar surface area (TPSA) is 140 Å². The summed E-state index contributed by atoms with van der Waals surface area (Å²) in [6, 6.07) is 9.90. The van der Waals surface area contributed by atoms with Crippen molar-refractivity contribution in [3.05, 3.63) is 47.3 Å².